The van der Waals surface area contributed by atoms with E-state index in [1.165, 1.54) is 6.07 Å². The number of nitrogens with one attached hydrogen (secondary N) is 1. The Labute approximate surface area is 125 Å². The summed E-state index contributed by atoms with van der Waals surface area (Å²) in [6.07, 6.45) is 0. The molecule has 0 spiro atoms. The molecule has 0 radical (unpaired) electrons. The van der Waals surface area contributed by atoms with E-state index >= 15 is 0 Å². The summed E-state index contributed by atoms with van der Waals surface area (Å²) in [7, 11) is 1.59. The summed E-state index contributed by atoms with van der Waals surface area (Å²) in [4.78, 5) is 0. The molecule has 0 saturated heterocycles. The largest absolute Gasteiger partial charge is 0.496 e. The van der Waals surface area contributed by atoms with Crippen molar-refractivity contribution >= 4 is 21.6 Å². The highest BCUT2D eigenvalue weighted by molar-refractivity contribution is 9.10. The summed E-state index contributed by atoms with van der Waals surface area (Å²) in [5, 5.41) is 11.7. The summed E-state index contributed by atoms with van der Waals surface area (Å²) in [5.74, 6) is 0.285. The number of benzene rings is 2. The lowest BCUT2D eigenvalue weighted by molar-refractivity contribution is 0.410. The van der Waals surface area contributed by atoms with Crippen LogP contribution in [0.15, 0.2) is 40.9 Å². The summed E-state index contributed by atoms with van der Waals surface area (Å²) < 4.78 is 19.9. The number of methoxy groups -OCH3 is 1. The third-order valence-electron chi connectivity index (χ3n) is 2.81. The number of anilines is 1. The first-order chi connectivity index (χ1) is 9.63. The normalized spacial score (nSPS) is 9.90. The standard InChI is InChI=1S/C15H12BrFN2O/c1-20-15-5-3-12(16)7-11(15)9-19-14-4-2-10(8-18)6-13(14)17/h2-7,19H,9H2,1H3. The topological polar surface area (TPSA) is 45.0 Å². The van der Waals surface area contributed by atoms with Gasteiger partial charge in [0.15, 0.2) is 0 Å². The second-order valence-corrected chi connectivity index (χ2v) is 5.03. The highest BCUT2D eigenvalue weighted by Crippen LogP contribution is 2.24. The molecule has 1 N–H and O–H groups in total. The maximum atomic E-state index is 13.7. The highest BCUT2D eigenvalue weighted by Gasteiger charge is 2.06. The molecular weight excluding hydrogens is 323 g/mol. The maximum Gasteiger partial charge on any atom is 0.147 e. The van der Waals surface area contributed by atoms with E-state index < -0.39 is 5.82 Å². The quantitative estimate of drug-likeness (QED) is 0.916. The van der Waals surface area contributed by atoms with Gasteiger partial charge in [-0.2, -0.15) is 5.26 Å². The molecule has 5 heteroatoms. The Morgan fingerprint density at radius 2 is 2.10 bits per heavy atom. The van der Waals surface area contributed by atoms with E-state index in [9.17, 15) is 4.39 Å². The molecule has 0 aromatic heterocycles. The lowest BCUT2D eigenvalue weighted by atomic mass is 10.1. The van der Waals surface area contributed by atoms with Crippen molar-refractivity contribution in [2.75, 3.05) is 12.4 Å². The van der Waals surface area contributed by atoms with Crippen LogP contribution in [0.5, 0.6) is 5.75 Å². The number of ether oxygens (including phenoxy) is 1. The molecular formula is C15H12BrFN2O. The number of nitriles is 1. The highest BCUT2D eigenvalue weighted by atomic mass is 79.9. The van der Waals surface area contributed by atoms with Crippen LogP contribution in [0.2, 0.25) is 0 Å². The van der Waals surface area contributed by atoms with Crippen LogP contribution in [-0.4, -0.2) is 7.11 Å². The van der Waals surface area contributed by atoms with Gasteiger partial charge in [-0.25, -0.2) is 4.39 Å². The van der Waals surface area contributed by atoms with Gasteiger partial charge in [0.05, 0.1) is 24.4 Å². The molecule has 0 aliphatic rings. The van der Waals surface area contributed by atoms with E-state index in [0.717, 1.165) is 15.8 Å². The number of hydrogen-bond donors (Lipinski definition) is 1. The maximum absolute atomic E-state index is 13.7. The number of rotatable bonds is 4. The average molecular weight is 335 g/mol. The van der Waals surface area contributed by atoms with Gasteiger partial charge in [-0.15, -0.1) is 0 Å². The first-order valence-electron chi connectivity index (χ1n) is 5.90. The van der Waals surface area contributed by atoms with Crippen LogP contribution in [0, 0.1) is 17.1 Å². The Morgan fingerprint density at radius 1 is 1.30 bits per heavy atom. The minimum atomic E-state index is -0.446. The molecule has 2 aromatic rings. The third kappa shape index (κ3) is 3.28. The van der Waals surface area contributed by atoms with Gasteiger partial charge >= 0.3 is 0 Å². The lowest BCUT2D eigenvalue weighted by Gasteiger charge is -2.11. The molecule has 0 amide bonds. The summed E-state index contributed by atoms with van der Waals surface area (Å²) in [6.45, 7) is 0.422. The Kier molecular flexibility index (Phi) is 4.59. The van der Waals surface area contributed by atoms with E-state index in [2.05, 4.69) is 21.2 Å². The zero-order chi connectivity index (χ0) is 14.5. The van der Waals surface area contributed by atoms with Crippen molar-refractivity contribution < 1.29 is 9.13 Å². The molecule has 3 nitrogen and oxygen atoms in total. The average Bonchev–Trinajstić information content (AvgIpc) is 2.46. The zero-order valence-electron chi connectivity index (χ0n) is 10.8. The molecule has 0 fully saturated rings. The Balaban J connectivity index is 2.17. The summed E-state index contributed by atoms with van der Waals surface area (Å²) in [5.41, 5.74) is 1.56. The van der Waals surface area contributed by atoms with Crippen LogP contribution in [0.25, 0.3) is 0 Å². The van der Waals surface area contributed by atoms with E-state index in [4.69, 9.17) is 10.00 Å². The minimum Gasteiger partial charge on any atom is -0.496 e. The Morgan fingerprint density at radius 3 is 2.75 bits per heavy atom. The van der Waals surface area contributed by atoms with Crippen LogP contribution in [0.1, 0.15) is 11.1 Å². The SMILES string of the molecule is COc1ccc(Br)cc1CNc1ccc(C#N)cc1F. The molecule has 0 aliphatic heterocycles. The van der Waals surface area contributed by atoms with Crippen molar-refractivity contribution in [2.45, 2.75) is 6.54 Å². The van der Waals surface area contributed by atoms with E-state index in [1.807, 2.05) is 24.3 Å². The number of nitrogens with zero attached hydrogens (tertiary/aromatic N) is 1. The zero-order valence-corrected chi connectivity index (χ0v) is 12.4. The predicted octanol–water partition coefficient (Wildman–Crippen LogP) is 4.08. The second kappa shape index (κ2) is 6.40. The molecule has 0 atom stereocenters. The van der Waals surface area contributed by atoms with Gasteiger partial charge in [-0.3, -0.25) is 0 Å². The fourth-order valence-corrected chi connectivity index (χ4v) is 2.21. The number of hydrogen-bond acceptors (Lipinski definition) is 3. The second-order valence-electron chi connectivity index (χ2n) is 4.12. The van der Waals surface area contributed by atoms with Gasteiger partial charge in [0.25, 0.3) is 0 Å². The molecule has 2 rings (SSSR count). The van der Waals surface area contributed by atoms with Crippen molar-refractivity contribution in [3.63, 3.8) is 0 Å². The monoisotopic (exact) mass is 334 g/mol. The minimum absolute atomic E-state index is 0.299. The van der Waals surface area contributed by atoms with Crippen molar-refractivity contribution in [1.82, 2.24) is 0 Å². The van der Waals surface area contributed by atoms with Crippen LogP contribution in [0.4, 0.5) is 10.1 Å². The van der Waals surface area contributed by atoms with Crippen molar-refractivity contribution in [3.8, 4) is 11.8 Å². The predicted molar refractivity (Wildman–Crippen MR) is 79.1 cm³/mol. The lowest BCUT2D eigenvalue weighted by Crippen LogP contribution is -2.03. The molecule has 20 heavy (non-hydrogen) atoms. The van der Waals surface area contributed by atoms with E-state index in [1.54, 1.807) is 19.2 Å². The molecule has 0 aliphatic carbocycles. The van der Waals surface area contributed by atoms with Crippen molar-refractivity contribution in [3.05, 3.63) is 57.8 Å². The van der Waals surface area contributed by atoms with Crippen molar-refractivity contribution in [1.29, 1.82) is 5.26 Å². The molecule has 102 valence electrons. The van der Waals surface area contributed by atoms with Crippen LogP contribution < -0.4 is 10.1 Å². The van der Waals surface area contributed by atoms with Crippen LogP contribution in [-0.2, 0) is 6.54 Å². The summed E-state index contributed by atoms with van der Waals surface area (Å²) >= 11 is 3.39. The number of halogens is 2. The first-order valence-corrected chi connectivity index (χ1v) is 6.69. The Bertz CT molecular complexity index is 667. The summed E-state index contributed by atoms with van der Waals surface area (Å²) in [6, 6.07) is 11.9. The van der Waals surface area contributed by atoms with Gasteiger partial charge in [0, 0.05) is 16.6 Å². The van der Waals surface area contributed by atoms with Gasteiger partial charge in [-0.05, 0) is 36.4 Å². The third-order valence-corrected chi connectivity index (χ3v) is 3.30. The van der Waals surface area contributed by atoms with Gasteiger partial charge in [0.1, 0.15) is 11.6 Å². The first kappa shape index (κ1) is 14.4. The molecule has 0 heterocycles. The van der Waals surface area contributed by atoms with E-state index in [-0.39, 0.29) is 0 Å². The molecule has 0 unspecified atom stereocenters. The Hall–Kier alpha value is -2.06. The van der Waals surface area contributed by atoms with Gasteiger partial charge in [0.2, 0.25) is 0 Å². The smallest absolute Gasteiger partial charge is 0.147 e. The van der Waals surface area contributed by atoms with Gasteiger partial charge in [-0.1, -0.05) is 15.9 Å². The molecule has 2 aromatic carbocycles. The van der Waals surface area contributed by atoms with Crippen LogP contribution in [0.3, 0.4) is 0 Å². The fourth-order valence-electron chi connectivity index (χ4n) is 1.80. The van der Waals surface area contributed by atoms with E-state index in [0.29, 0.717) is 17.8 Å². The van der Waals surface area contributed by atoms with Gasteiger partial charge < -0.3 is 10.1 Å². The fraction of sp³-hybridized carbons (Fsp3) is 0.133. The van der Waals surface area contributed by atoms with Crippen LogP contribution >= 0.6 is 15.9 Å². The molecule has 0 saturated carbocycles. The van der Waals surface area contributed by atoms with Crippen molar-refractivity contribution in [2.24, 2.45) is 0 Å². The molecule has 0 bridgehead atoms.